The highest BCUT2D eigenvalue weighted by molar-refractivity contribution is 7.85. The quantitative estimate of drug-likeness (QED) is 0.555. The molecule has 1 aliphatic rings. The number of furan rings is 1. The number of fused-ring (bicyclic) bond motifs is 2. The van der Waals surface area contributed by atoms with Crippen molar-refractivity contribution in [3.05, 3.63) is 64.8 Å². The predicted octanol–water partition coefficient (Wildman–Crippen LogP) is 4.53. The van der Waals surface area contributed by atoms with Gasteiger partial charge in [-0.3, -0.25) is 4.79 Å². The highest BCUT2D eigenvalue weighted by Gasteiger charge is 2.28. The van der Waals surface area contributed by atoms with Gasteiger partial charge >= 0.3 is 0 Å². The molecule has 1 fully saturated rings. The van der Waals surface area contributed by atoms with Crippen LogP contribution in [0.5, 0.6) is 0 Å². The first-order valence-corrected chi connectivity index (χ1v) is 10.8. The van der Waals surface area contributed by atoms with Gasteiger partial charge in [0.2, 0.25) is 0 Å². The van der Waals surface area contributed by atoms with E-state index < -0.39 is 11.0 Å². The van der Waals surface area contributed by atoms with Gasteiger partial charge in [-0.05, 0) is 42.5 Å². The molecule has 0 radical (unpaired) electrons. The van der Waals surface area contributed by atoms with Gasteiger partial charge in [0.05, 0.1) is 0 Å². The summed E-state index contributed by atoms with van der Waals surface area (Å²) < 4.78 is 22.6. The molecule has 4 aromatic rings. The molecule has 0 saturated heterocycles. The van der Waals surface area contributed by atoms with Crippen molar-refractivity contribution in [2.45, 2.75) is 18.8 Å². The minimum absolute atomic E-state index is 0.0300. The summed E-state index contributed by atoms with van der Waals surface area (Å²) in [4.78, 5) is 12.6. The number of aromatic nitrogens is 1. The van der Waals surface area contributed by atoms with Gasteiger partial charge in [-0.25, -0.2) is 4.21 Å². The summed E-state index contributed by atoms with van der Waals surface area (Å²) in [7, 11) is 0.576. The molecule has 0 spiro atoms. The summed E-state index contributed by atoms with van der Waals surface area (Å²) in [5.74, 6) is 1.49. The molecule has 1 saturated carbocycles. The fourth-order valence-corrected chi connectivity index (χ4v) is 4.25. The van der Waals surface area contributed by atoms with Crippen LogP contribution in [0.2, 0.25) is 0 Å². The van der Waals surface area contributed by atoms with E-state index in [4.69, 9.17) is 4.42 Å². The lowest BCUT2D eigenvalue weighted by Gasteiger charge is -2.12. The third-order valence-corrected chi connectivity index (χ3v) is 5.78. The first-order chi connectivity index (χ1) is 13.5. The van der Waals surface area contributed by atoms with Crippen molar-refractivity contribution in [2.24, 2.45) is 7.05 Å². The minimum Gasteiger partial charge on any atom is -0.460 e. The molecular formula is C22H20N2O3S. The zero-order valence-electron chi connectivity index (χ0n) is 15.7. The van der Waals surface area contributed by atoms with Crippen molar-refractivity contribution >= 4 is 38.4 Å². The lowest BCUT2D eigenvalue weighted by molar-refractivity contribution is 0.553. The Morgan fingerprint density at radius 3 is 2.57 bits per heavy atom. The molecule has 142 valence electrons. The van der Waals surface area contributed by atoms with Gasteiger partial charge in [0.1, 0.15) is 22.3 Å². The molecule has 1 N–H and O–H groups in total. The van der Waals surface area contributed by atoms with Crippen molar-refractivity contribution in [2.75, 3.05) is 11.0 Å². The number of hydrogen-bond acceptors (Lipinski definition) is 3. The molecule has 28 heavy (non-hydrogen) atoms. The van der Waals surface area contributed by atoms with Gasteiger partial charge in [0.25, 0.3) is 5.56 Å². The van der Waals surface area contributed by atoms with Gasteiger partial charge < -0.3 is 13.7 Å². The first-order valence-electron chi connectivity index (χ1n) is 9.27. The topological polar surface area (TPSA) is 64.2 Å². The average Bonchev–Trinajstić information content (AvgIpc) is 3.43. The van der Waals surface area contributed by atoms with Gasteiger partial charge in [-0.2, -0.15) is 0 Å². The predicted molar refractivity (Wildman–Crippen MR) is 114 cm³/mol. The Labute approximate surface area is 164 Å². The Morgan fingerprint density at radius 1 is 1.11 bits per heavy atom. The summed E-state index contributed by atoms with van der Waals surface area (Å²) in [6.07, 6.45) is 5.77. The van der Waals surface area contributed by atoms with Crippen LogP contribution in [0.15, 0.2) is 57.9 Å². The van der Waals surface area contributed by atoms with Gasteiger partial charge in [-0.1, -0.05) is 18.2 Å². The number of nitrogens with one attached hydrogen (secondary N) is 1. The highest BCUT2D eigenvalue weighted by atomic mass is 32.2. The van der Waals surface area contributed by atoms with Crippen LogP contribution in [0.1, 0.15) is 24.5 Å². The molecule has 1 aliphatic carbocycles. The molecule has 5 rings (SSSR count). The number of hydrogen-bond donors (Lipinski definition) is 1. The van der Waals surface area contributed by atoms with Gasteiger partial charge in [0, 0.05) is 53.0 Å². The maximum absolute atomic E-state index is 12.6. The third-order valence-electron chi connectivity index (χ3n) is 5.26. The fraction of sp³-hybridized carbons (Fsp3) is 0.227. The molecule has 2 aromatic heterocycles. The second-order valence-corrected chi connectivity index (χ2v) is 8.54. The highest BCUT2D eigenvalue weighted by Crippen LogP contribution is 2.45. The summed E-state index contributed by atoms with van der Waals surface area (Å²) in [6.45, 7) is 0. The zero-order valence-corrected chi connectivity index (χ0v) is 16.5. The van der Waals surface area contributed by atoms with E-state index in [-0.39, 0.29) is 5.56 Å². The minimum atomic E-state index is -1.18. The molecule has 2 heterocycles. The summed E-state index contributed by atoms with van der Waals surface area (Å²) in [6, 6.07) is 13.6. The van der Waals surface area contributed by atoms with Crippen molar-refractivity contribution < 1.29 is 8.63 Å². The van der Waals surface area contributed by atoms with Crippen LogP contribution < -0.4 is 10.3 Å². The average molecular weight is 392 g/mol. The van der Waals surface area contributed by atoms with Gasteiger partial charge in [-0.15, -0.1) is 0 Å². The van der Waals surface area contributed by atoms with E-state index in [2.05, 4.69) is 10.8 Å². The second-order valence-electron chi connectivity index (χ2n) is 7.43. The zero-order chi connectivity index (χ0) is 19.4. The molecule has 6 heteroatoms. The Kier molecular flexibility index (Phi) is 3.91. The second kappa shape index (κ2) is 6.34. The number of anilines is 1. The van der Waals surface area contributed by atoms with Crippen LogP contribution >= 0.6 is 0 Å². The van der Waals surface area contributed by atoms with Crippen LogP contribution in [-0.4, -0.2) is 15.0 Å². The number of aryl methyl sites for hydroxylation is 1. The van der Waals surface area contributed by atoms with E-state index in [1.165, 1.54) is 0 Å². The van der Waals surface area contributed by atoms with E-state index in [1.54, 1.807) is 17.9 Å². The molecule has 1 unspecified atom stereocenters. The number of nitrogens with zero attached hydrogens (tertiary/aromatic N) is 1. The largest absolute Gasteiger partial charge is 0.460 e. The maximum Gasteiger partial charge on any atom is 0.258 e. The van der Waals surface area contributed by atoms with Crippen LogP contribution in [0.3, 0.4) is 0 Å². The van der Waals surface area contributed by atoms with Crippen molar-refractivity contribution in [1.29, 1.82) is 0 Å². The molecule has 0 amide bonds. The normalized spacial score (nSPS) is 15.2. The lowest BCUT2D eigenvalue weighted by Crippen LogP contribution is -2.16. The van der Waals surface area contributed by atoms with Gasteiger partial charge in [0.15, 0.2) is 0 Å². The monoisotopic (exact) mass is 392 g/mol. The number of rotatable bonds is 4. The van der Waals surface area contributed by atoms with E-state index in [1.807, 2.05) is 42.6 Å². The maximum atomic E-state index is 12.6. The van der Waals surface area contributed by atoms with Crippen LogP contribution in [-0.2, 0) is 18.0 Å². The number of pyridine rings is 1. The standard InChI is InChI=1S/C22H20N2O3S/c1-24-12-19(16-5-3-4-6-17(16)22(24)25)18-11-15(23-28(2)26)9-14-10-20(13-7-8-13)27-21(14)18/h3-6,9-13,23H,7-8H2,1-2H3. The van der Waals surface area contributed by atoms with E-state index >= 15 is 0 Å². The van der Waals surface area contributed by atoms with E-state index in [9.17, 15) is 9.00 Å². The Morgan fingerprint density at radius 2 is 1.86 bits per heavy atom. The molecule has 1 atom stereocenters. The van der Waals surface area contributed by atoms with Crippen LogP contribution in [0.25, 0.3) is 32.9 Å². The summed E-state index contributed by atoms with van der Waals surface area (Å²) in [5.41, 5.74) is 3.36. The summed E-state index contributed by atoms with van der Waals surface area (Å²) >= 11 is 0. The molecule has 2 aromatic carbocycles. The van der Waals surface area contributed by atoms with Crippen molar-refractivity contribution in [3.8, 4) is 11.1 Å². The van der Waals surface area contributed by atoms with E-state index in [0.29, 0.717) is 11.3 Å². The smallest absolute Gasteiger partial charge is 0.258 e. The van der Waals surface area contributed by atoms with Crippen LogP contribution in [0, 0.1) is 0 Å². The Hall–Kier alpha value is -2.86. The Balaban J connectivity index is 1.85. The molecule has 0 aliphatic heterocycles. The molecule has 5 nitrogen and oxygen atoms in total. The molecule has 0 bridgehead atoms. The van der Waals surface area contributed by atoms with Crippen LogP contribution in [0.4, 0.5) is 5.69 Å². The first kappa shape index (κ1) is 17.3. The summed E-state index contributed by atoms with van der Waals surface area (Å²) in [5, 5.41) is 2.53. The fourth-order valence-electron chi connectivity index (χ4n) is 3.80. The SMILES string of the molecule is Cn1cc(-c2cc(NS(C)=O)cc3cc(C4CC4)oc23)c2ccccc2c1=O. The lowest BCUT2D eigenvalue weighted by atomic mass is 9.98. The van der Waals surface area contributed by atoms with Crippen molar-refractivity contribution in [1.82, 2.24) is 4.57 Å². The third kappa shape index (κ3) is 2.85. The Bertz CT molecular complexity index is 1310. The van der Waals surface area contributed by atoms with Crippen molar-refractivity contribution in [3.63, 3.8) is 0 Å². The number of benzene rings is 2. The van der Waals surface area contributed by atoms with E-state index in [0.717, 1.165) is 51.8 Å². The molecular weight excluding hydrogens is 372 g/mol.